The summed E-state index contributed by atoms with van der Waals surface area (Å²) in [5, 5.41) is 3.30. The number of allylic oxidation sites excluding steroid dienone is 3. The number of halogens is 1. The van der Waals surface area contributed by atoms with Crippen LogP contribution in [0.1, 0.15) is 51.6 Å². The molecule has 1 N–H and O–H groups in total. The van der Waals surface area contributed by atoms with Gasteiger partial charge in [0.2, 0.25) is 0 Å². The predicted octanol–water partition coefficient (Wildman–Crippen LogP) is 5.64. The Hall–Kier alpha value is -2.80. The third kappa shape index (κ3) is 4.93. The second kappa shape index (κ2) is 9.21. The molecule has 2 aromatic rings. The normalized spacial score (nSPS) is 21.7. The van der Waals surface area contributed by atoms with Crippen LogP contribution in [0, 0.1) is 11.3 Å². The van der Waals surface area contributed by atoms with E-state index >= 15 is 0 Å². The van der Waals surface area contributed by atoms with Crippen molar-refractivity contribution >= 4 is 27.7 Å². The van der Waals surface area contributed by atoms with Gasteiger partial charge in [-0.3, -0.25) is 4.79 Å². The SMILES string of the molecule is CCOC(=O)C1=C(C)NC2=CC(C)(C)CC(=O)C2C1c1ccc(COc2ccc(Br)cc2)o1. The molecule has 2 aliphatic rings. The zero-order valence-corrected chi connectivity index (χ0v) is 20.8. The number of nitrogens with one attached hydrogen (secondary N) is 1. The number of carbonyl (C=O) groups is 2. The van der Waals surface area contributed by atoms with Crippen LogP contribution in [0.3, 0.4) is 0 Å². The van der Waals surface area contributed by atoms with E-state index in [-0.39, 0.29) is 24.4 Å². The lowest BCUT2D eigenvalue weighted by Gasteiger charge is -2.40. The van der Waals surface area contributed by atoms with Crippen molar-refractivity contribution in [1.29, 1.82) is 0 Å². The van der Waals surface area contributed by atoms with Gasteiger partial charge < -0.3 is 19.2 Å². The predicted molar refractivity (Wildman–Crippen MR) is 127 cm³/mol. The number of fused-ring (bicyclic) bond motifs is 1. The minimum Gasteiger partial charge on any atom is -0.486 e. The highest BCUT2D eigenvalue weighted by Crippen LogP contribution is 2.47. The summed E-state index contributed by atoms with van der Waals surface area (Å²) in [5.41, 5.74) is 1.67. The fourth-order valence-electron chi connectivity index (χ4n) is 4.58. The lowest BCUT2D eigenvalue weighted by atomic mass is 9.67. The van der Waals surface area contributed by atoms with Gasteiger partial charge in [-0.15, -0.1) is 0 Å². The molecule has 4 rings (SSSR count). The van der Waals surface area contributed by atoms with Crippen molar-refractivity contribution in [2.75, 3.05) is 6.61 Å². The summed E-state index contributed by atoms with van der Waals surface area (Å²) in [6, 6.07) is 11.2. The molecule has 0 bridgehead atoms. The molecule has 0 saturated heterocycles. The van der Waals surface area contributed by atoms with Crippen molar-refractivity contribution in [2.24, 2.45) is 11.3 Å². The second-order valence-electron chi connectivity index (χ2n) is 9.12. The summed E-state index contributed by atoms with van der Waals surface area (Å²) in [7, 11) is 0. The van der Waals surface area contributed by atoms with Crippen molar-refractivity contribution < 1.29 is 23.5 Å². The lowest BCUT2D eigenvalue weighted by molar-refractivity contribution is -0.139. The van der Waals surface area contributed by atoms with Crippen LogP contribution in [0.4, 0.5) is 0 Å². The average Bonchev–Trinajstić information content (AvgIpc) is 3.20. The number of carbonyl (C=O) groups excluding carboxylic acids is 2. The van der Waals surface area contributed by atoms with Gasteiger partial charge in [0, 0.05) is 22.3 Å². The molecule has 0 spiro atoms. The van der Waals surface area contributed by atoms with Gasteiger partial charge in [-0.2, -0.15) is 0 Å². The van der Waals surface area contributed by atoms with E-state index in [1.165, 1.54) is 0 Å². The number of benzene rings is 1. The first-order chi connectivity index (χ1) is 15.7. The van der Waals surface area contributed by atoms with Crippen LogP contribution in [0.15, 0.2) is 68.3 Å². The number of esters is 1. The van der Waals surface area contributed by atoms with E-state index in [2.05, 4.69) is 27.3 Å². The highest BCUT2D eigenvalue weighted by molar-refractivity contribution is 9.10. The largest absolute Gasteiger partial charge is 0.486 e. The summed E-state index contributed by atoms with van der Waals surface area (Å²) in [6.07, 6.45) is 2.49. The van der Waals surface area contributed by atoms with E-state index in [9.17, 15) is 9.59 Å². The number of hydrogen-bond acceptors (Lipinski definition) is 6. The molecule has 6 nitrogen and oxygen atoms in total. The molecule has 1 aromatic carbocycles. The molecule has 0 fully saturated rings. The Balaban J connectivity index is 1.68. The van der Waals surface area contributed by atoms with Gasteiger partial charge in [0.1, 0.15) is 29.7 Å². The third-order valence-electron chi connectivity index (χ3n) is 5.92. The maximum Gasteiger partial charge on any atom is 0.336 e. The Labute approximate surface area is 202 Å². The maximum atomic E-state index is 13.3. The van der Waals surface area contributed by atoms with Gasteiger partial charge in [0.05, 0.1) is 24.0 Å². The number of rotatable bonds is 6. The average molecular weight is 514 g/mol. The summed E-state index contributed by atoms with van der Waals surface area (Å²) in [5.74, 6) is 0.449. The molecule has 2 atom stereocenters. The van der Waals surface area contributed by atoms with Crippen LogP contribution in [0.5, 0.6) is 5.75 Å². The molecule has 33 heavy (non-hydrogen) atoms. The number of hydrogen-bond donors (Lipinski definition) is 1. The smallest absolute Gasteiger partial charge is 0.336 e. The van der Waals surface area contributed by atoms with Crippen molar-refractivity contribution in [2.45, 2.75) is 46.6 Å². The Morgan fingerprint density at radius 3 is 2.61 bits per heavy atom. The van der Waals surface area contributed by atoms with Crippen LogP contribution in [-0.2, 0) is 20.9 Å². The molecule has 7 heteroatoms. The van der Waals surface area contributed by atoms with E-state index in [0.717, 1.165) is 15.9 Å². The molecule has 1 aliphatic heterocycles. The van der Waals surface area contributed by atoms with Crippen molar-refractivity contribution in [1.82, 2.24) is 5.32 Å². The van der Waals surface area contributed by atoms with Crippen molar-refractivity contribution in [3.63, 3.8) is 0 Å². The molecule has 2 heterocycles. The number of ether oxygens (including phenoxy) is 2. The monoisotopic (exact) mass is 513 g/mol. The lowest BCUT2D eigenvalue weighted by Crippen LogP contribution is -2.43. The van der Waals surface area contributed by atoms with Crippen molar-refractivity contribution in [3.8, 4) is 5.75 Å². The van der Waals surface area contributed by atoms with E-state index in [1.807, 2.05) is 57.2 Å². The number of furan rings is 1. The fourth-order valence-corrected chi connectivity index (χ4v) is 4.84. The zero-order chi connectivity index (χ0) is 23.8. The zero-order valence-electron chi connectivity index (χ0n) is 19.2. The van der Waals surface area contributed by atoms with Crippen molar-refractivity contribution in [3.05, 3.63) is 75.4 Å². The van der Waals surface area contributed by atoms with E-state index in [4.69, 9.17) is 13.9 Å². The molecule has 1 aliphatic carbocycles. The van der Waals surface area contributed by atoms with Gasteiger partial charge in [-0.05, 0) is 55.7 Å². The van der Waals surface area contributed by atoms with Gasteiger partial charge in [-0.25, -0.2) is 4.79 Å². The minimum absolute atomic E-state index is 0.0772. The van der Waals surface area contributed by atoms with Gasteiger partial charge in [-0.1, -0.05) is 35.9 Å². The fraction of sp³-hybridized carbons (Fsp3) is 0.385. The highest BCUT2D eigenvalue weighted by Gasteiger charge is 2.47. The molecule has 0 saturated carbocycles. The first-order valence-corrected chi connectivity index (χ1v) is 11.8. The number of Topliss-reactive ketones (excluding diaryl/α,β-unsaturated/α-hetero) is 1. The van der Waals surface area contributed by atoms with Crippen LogP contribution >= 0.6 is 15.9 Å². The molecular formula is C26H28BrNO5. The Morgan fingerprint density at radius 2 is 1.91 bits per heavy atom. The quantitative estimate of drug-likeness (QED) is 0.503. The molecule has 0 amide bonds. The maximum absolute atomic E-state index is 13.3. The van der Waals surface area contributed by atoms with Crippen LogP contribution in [0.2, 0.25) is 0 Å². The topological polar surface area (TPSA) is 77.8 Å². The standard InChI is InChI=1S/C26H28BrNO5/c1-5-31-25(30)22-15(2)28-19-12-26(3,4)13-20(29)23(19)24(22)21-11-10-18(33-21)14-32-17-8-6-16(27)7-9-17/h6-12,23-24,28H,5,13-14H2,1-4H3. The molecule has 2 unspecified atom stereocenters. The summed E-state index contributed by atoms with van der Waals surface area (Å²) >= 11 is 3.41. The van der Waals surface area contributed by atoms with Crippen LogP contribution in [-0.4, -0.2) is 18.4 Å². The van der Waals surface area contributed by atoms with Gasteiger partial charge in [0.15, 0.2) is 0 Å². The Morgan fingerprint density at radius 1 is 1.18 bits per heavy atom. The Bertz CT molecular complexity index is 1130. The molecule has 1 aromatic heterocycles. The summed E-state index contributed by atoms with van der Waals surface area (Å²) in [4.78, 5) is 26.2. The second-order valence-corrected chi connectivity index (χ2v) is 10.0. The highest BCUT2D eigenvalue weighted by atomic mass is 79.9. The van der Waals surface area contributed by atoms with E-state index in [1.54, 1.807) is 6.92 Å². The van der Waals surface area contributed by atoms with Gasteiger partial charge in [0.25, 0.3) is 0 Å². The van der Waals surface area contributed by atoms with Crippen LogP contribution in [0.25, 0.3) is 0 Å². The van der Waals surface area contributed by atoms with E-state index in [0.29, 0.717) is 29.2 Å². The first-order valence-electron chi connectivity index (χ1n) is 11.1. The first kappa shape index (κ1) is 23.4. The molecule has 0 radical (unpaired) electrons. The molecular weight excluding hydrogens is 486 g/mol. The third-order valence-corrected chi connectivity index (χ3v) is 6.45. The minimum atomic E-state index is -0.554. The van der Waals surface area contributed by atoms with E-state index < -0.39 is 17.8 Å². The van der Waals surface area contributed by atoms with Crippen LogP contribution < -0.4 is 10.1 Å². The summed E-state index contributed by atoms with van der Waals surface area (Å²) in [6.45, 7) is 8.16. The summed E-state index contributed by atoms with van der Waals surface area (Å²) < 4.78 is 18.3. The van der Waals surface area contributed by atoms with Gasteiger partial charge >= 0.3 is 5.97 Å². The molecule has 174 valence electrons. The Kier molecular flexibility index (Phi) is 6.52. The number of ketones is 1.